The summed E-state index contributed by atoms with van der Waals surface area (Å²) in [6, 6.07) is 5.79. The molecule has 0 aliphatic heterocycles. The van der Waals surface area contributed by atoms with E-state index in [-0.39, 0.29) is 5.11 Å². The molecule has 1 unspecified atom stereocenters. The SMILES string of the molecule is Cc1ccc(C)c(NC(=S)NC(NC(=O)CF)C(Cl)(Cl)Cl)c1. The molecule has 9 heteroatoms. The van der Waals surface area contributed by atoms with Crippen LogP contribution in [0, 0.1) is 13.8 Å². The molecule has 0 saturated carbocycles. The van der Waals surface area contributed by atoms with Crippen molar-refractivity contribution in [3.63, 3.8) is 0 Å². The number of benzene rings is 1. The van der Waals surface area contributed by atoms with E-state index in [9.17, 15) is 9.18 Å². The molecule has 0 aliphatic carbocycles. The highest BCUT2D eigenvalue weighted by Crippen LogP contribution is 2.29. The van der Waals surface area contributed by atoms with Gasteiger partial charge in [0.25, 0.3) is 5.91 Å². The minimum atomic E-state index is -1.90. The van der Waals surface area contributed by atoms with Crippen LogP contribution in [0.15, 0.2) is 18.2 Å². The van der Waals surface area contributed by atoms with Crippen molar-refractivity contribution in [1.82, 2.24) is 10.6 Å². The second-order valence-corrected chi connectivity index (χ2v) is 7.37. The summed E-state index contributed by atoms with van der Waals surface area (Å²) < 4.78 is 10.4. The minimum absolute atomic E-state index is 0.129. The van der Waals surface area contributed by atoms with E-state index in [0.29, 0.717) is 0 Å². The Morgan fingerprint density at radius 2 is 1.95 bits per heavy atom. The maximum Gasteiger partial charge on any atom is 0.253 e. The zero-order valence-corrected chi connectivity index (χ0v) is 14.9. The molecule has 1 atom stereocenters. The van der Waals surface area contributed by atoms with Gasteiger partial charge in [0, 0.05) is 5.69 Å². The molecule has 1 aromatic rings. The van der Waals surface area contributed by atoms with E-state index in [0.717, 1.165) is 16.8 Å². The van der Waals surface area contributed by atoms with Crippen molar-refractivity contribution < 1.29 is 9.18 Å². The van der Waals surface area contributed by atoms with E-state index in [1.807, 2.05) is 32.0 Å². The molecule has 0 aromatic heterocycles. The maximum absolute atomic E-state index is 12.3. The Morgan fingerprint density at radius 3 is 2.50 bits per heavy atom. The van der Waals surface area contributed by atoms with Gasteiger partial charge in [-0.15, -0.1) is 0 Å². The number of amides is 1. The van der Waals surface area contributed by atoms with E-state index in [4.69, 9.17) is 47.0 Å². The van der Waals surface area contributed by atoms with Gasteiger partial charge >= 0.3 is 0 Å². The Balaban J connectivity index is 2.79. The van der Waals surface area contributed by atoms with Crippen molar-refractivity contribution in [3.8, 4) is 0 Å². The molecule has 0 aliphatic rings. The number of aryl methyl sites for hydroxylation is 2. The largest absolute Gasteiger partial charge is 0.339 e. The standard InChI is InChI=1S/C13H15Cl3FN3OS/c1-7-3-4-8(2)9(5-7)18-12(22)20-11(13(14,15)16)19-10(21)6-17/h3-5,11H,6H2,1-2H3,(H,19,21)(H2,18,20,22). The lowest BCUT2D eigenvalue weighted by Gasteiger charge is -2.27. The third-order valence-corrected chi connectivity index (χ3v) is 3.55. The number of hydrogen-bond acceptors (Lipinski definition) is 2. The number of nitrogens with one attached hydrogen (secondary N) is 3. The lowest BCUT2D eigenvalue weighted by atomic mass is 10.1. The number of alkyl halides is 4. The Hall–Kier alpha value is -0.820. The fourth-order valence-corrected chi connectivity index (χ4v) is 2.11. The van der Waals surface area contributed by atoms with E-state index >= 15 is 0 Å². The van der Waals surface area contributed by atoms with Crippen molar-refractivity contribution in [3.05, 3.63) is 29.3 Å². The van der Waals surface area contributed by atoms with Crippen molar-refractivity contribution in [2.45, 2.75) is 23.8 Å². The van der Waals surface area contributed by atoms with Crippen LogP contribution in [0.2, 0.25) is 0 Å². The molecule has 0 radical (unpaired) electrons. The van der Waals surface area contributed by atoms with Crippen molar-refractivity contribution in [1.29, 1.82) is 0 Å². The number of thiocarbonyl (C=S) groups is 1. The number of halogens is 4. The summed E-state index contributed by atoms with van der Waals surface area (Å²) in [6.07, 6.45) is -1.18. The fourth-order valence-electron chi connectivity index (χ4n) is 1.56. The molecule has 3 N–H and O–H groups in total. The molecule has 1 aromatic carbocycles. The molecule has 0 spiro atoms. The molecule has 1 rings (SSSR count). The van der Waals surface area contributed by atoms with Crippen molar-refractivity contribution in [2.75, 3.05) is 12.0 Å². The minimum Gasteiger partial charge on any atom is -0.339 e. The smallest absolute Gasteiger partial charge is 0.253 e. The van der Waals surface area contributed by atoms with Gasteiger partial charge in [-0.25, -0.2) is 4.39 Å². The van der Waals surface area contributed by atoms with Crippen LogP contribution in [-0.4, -0.2) is 27.7 Å². The lowest BCUT2D eigenvalue weighted by Crippen LogP contribution is -2.56. The highest BCUT2D eigenvalue weighted by atomic mass is 35.6. The first-order valence-corrected chi connectivity index (χ1v) is 7.74. The van der Waals surface area contributed by atoms with Crippen LogP contribution in [0.25, 0.3) is 0 Å². The first-order valence-electron chi connectivity index (χ1n) is 6.20. The first-order chi connectivity index (χ1) is 10.1. The molecular weight excluding hydrogens is 372 g/mol. The van der Waals surface area contributed by atoms with E-state index in [1.54, 1.807) is 0 Å². The van der Waals surface area contributed by atoms with Crippen LogP contribution in [0.4, 0.5) is 10.1 Å². The van der Waals surface area contributed by atoms with Crippen molar-refractivity contribution in [2.24, 2.45) is 0 Å². The van der Waals surface area contributed by atoms with E-state index in [2.05, 4.69) is 16.0 Å². The van der Waals surface area contributed by atoms with Gasteiger partial charge in [0.2, 0.25) is 3.79 Å². The van der Waals surface area contributed by atoms with Gasteiger partial charge in [-0.3, -0.25) is 4.79 Å². The normalized spacial score (nSPS) is 12.5. The van der Waals surface area contributed by atoms with Gasteiger partial charge < -0.3 is 16.0 Å². The molecule has 22 heavy (non-hydrogen) atoms. The summed E-state index contributed by atoms with van der Waals surface area (Å²) in [7, 11) is 0. The summed E-state index contributed by atoms with van der Waals surface area (Å²) in [5.41, 5.74) is 2.78. The van der Waals surface area contributed by atoms with Crippen LogP contribution >= 0.6 is 47.0 Å². The molecule has 0 heterocycles. The summed E-state index contributed by atoms with van der Waals surface area (Å²) >= 11 is 22.4. The van der Waals surface area contributed by atoms with Gasteiger partial charge in [0.05, 0.1) is 0 Å². The third-order valence-electron chi connectivity index (χ3n) is 2.67. The summed E-state index contributed by atoms with van der Waals surface area (Å²) in [5.74, 6) is -0.918. The average Bonchev–Trinajstić information content (AvgIpc) is 2.41. The average molecular weight is 387 g/mol. The molecule has 122 valence electrons. The Labute approximate surface area is 148 Å². The zero-order chi connectivity index (χ0) is 16.9. The zero-order valence-electron chi connectivity index (χ0n) is 11.8. The van der Waals surface area contributed by atoms with Gasteiger partial charge in [-0.05, 0) is 43.3 Å². The molecule has 0 bridgehead atoms. The van der Waals surface area contributed by atoms with Gasteiger partial charge in [0.15, 0.2) is 11.8 Å². The summed E-state index contributed by atoms with van der Waals surface area (Å²) in [5, 5.41) is 7.92. The number of carbonyl (C=O) groups excluding carboxylic acids is 1. The highest BCUT2D eigenvalue weighted by Gasteiger charge is 2.34. The second-order valence-electron chi connectivity index (χ2n) is 4.59. The predicted octanol–water partition coefficient (Wildman–Crippen LogP) is 3.37. The van der Waals surface area contributed by atoms with Crippen LogP contribution in [-0.2, 0) is 4.79 Å². The molecule has 0 saturated heterocycles. The first kappa shape index (κ1) is 19.2. The number of rotatable bonds is 4. The van der Waals surface area contributed by atoms with E-state index < -0.39 is 22.5 Å². The van der Waals surface area contributed by atoms with Crippen molar-refractivity contribution >= 4 is 63.7 Å². The fraction of sp³-hybridized carbons (Fsp3) is 0.385. The van der Waals surface area contributed by atoms with Gasteiger partial charge in [-0.1, -0.05) is 46.9 Å². The predicted molar refractivity (Wildman–Crippen MR) is 93.5 cm³/mol. The van der Waals surface area contributed by atoms with Crippen LogP contribution in [0.3, 0.4) is 0 Å². The van der Waals surface area contributed by atoms with Gasteiger partial charge in [0.1, 0.15) is 6.17 Å². The second kappa shape index (κ2) is 8.15. The number of anilines is 1. The quantitative estimate of drug-likeness (QED) is 0.422. The lowest BCUT2D eigenvalue weighted by molar-refractivity contribution is -0.122. The van der Waals surface area contributed by atoms with E-state index in [1.165, 1.54) is 0 Å². The Kier molecular flexibility index (Phi) is 7.12. The van der Waals surface area contributed by atoms with Crippen LogP contribution in [0.5, 0.6) is 0 Å². The maximum atomic E-state index is 12.3. The Morgan fingerprint density at radius 1 is 1.32 bits per heavy atom. The summed E-state index contributed by atoms with van der Waals surface area (Å²) in [6.45, 7) is 2.62. The molecule has 0 fully saturated rings. The summed E-state index contributed by atoms with van der Waals surface area (Å²) in [4.78, 5) is 11.1. The highest BCUT2D eigenvalue weighted by molar-refractivity contribution is 7.80. The molecule has 1 amide bonds. The molecule has 4 nitrogen and oxygen atoms in total. The third kappa shape index (κ3) is 6.12. The molecular formula is C13H15Cl3FN3OS. The Bertz CT molecular complexity index is 566. The van der Waals surface area contributed by atoms with Crippen LogP contribution in [0.1, 0.15) is 11.1 Å². The monoisotopic (exact) mass is 385 g/mol. The number of carbonyl (C=O) groups is 1. The number of hydrogen-bond donors (Lipinski definition) is 3. The topological polar surface area (TPSA) is 53.2 Å². The van der Waals surface area contributed by atoms with Gasteiger partial charge in [-0.2, -0.15) is 0 Å². The van der Waals surface area contributed by atoms with Crippen LogP contribution < -0.4 is 16.0 Å².